The maximum atomic E-state index is 5.77. The largest absolute Gasteiger partial charge is 0.487 e. The molecule has 3 nitrogen and oxygen atoms in total. The van der Waals surface area contributed by atoms with E-state index in [4.69, 9.17) is 4.74 Å². The van der Waals surface area contributed by atoms with Crippen LogP contribution in [0.15, 0.2) is 53.9 Å². The SMILES string of the molecule is Cc1nc(COc2ccc(/C=C/c3nc4ccccc4s3)cc2)cs1. The maximum absolute atomic E-state index is 5.77. The molecule has 0 aliphatic heterocycles. The van der Waals surface area contributed by atoms with Crippen LogP contribution in [0, 0.1) is 6.92 Å². The summed E-state index contributed by atoms with van der Waals surface area (Å²) in [5, 5.41) is 4.11. The lowest BCUT2D eigenvalue weighted by molar-refractivity contribution is 0.302. The average molecular weight is 364 g/mol. The summed E-state index contributed by atoms with van der Waals surface area (Å²) < 4.78 is 6.98. The number of rotatable bonds is 5. The van der Waals surface area contributed by atoms with Gasteiger partial charge in [0.1, 0.15) is 17.4 Å². The minimum Gasteiger partial charge on any atom is -0.487 e. The third kappa shape index (κ3) is 3.95. The first-order chi connectivity index (χ1) is 12.3. The summed E-state index contributed by atoms with van der Waals surface area (Å²) in [5.74, 6) is 0.850. The van der Waals surface area contributed by atoms with Gasteiger partial charge < -0.3 is 4.74 Å². The molecule has 0 fully saturated rings. The highest BCUT2D eigenvalue weighted by Gasteiger charge is 2.01. The Morgan fingerprint density at radius 2 is 1.84 bits per heavy atom. The van der Waals surface area contributed by atoms with Gasteiger partial charge in [0.15, 0.2) is 0 Å². The van der Waals surface area contributed by atoms with Crippen LogP contribution in [-0.4, -0.2) is 9.97 Å². The van der Waals surface area contributed by atoms with Gasteiger partial charge >= 0.3 is 0 Å². The Morgan fingerprint density at radius 3 is 2.60 bits per heavy atom. The Kier molecular flexibility index (Phi) is 4.59. The van der Waals surface area contributed by atoms with Crippen LogP contribution in [0.1, 0.15) is 21.3 Å². The third-order valence-electron chi connectivity index (χ3n) is 3.66. The Morgan fingerprint density at radius 1 is 1.00 bits per heavy atom. The molecule has 0 N–H and O–H groups in total. The van der Waals surface area contributed by atoms with Gasteiger partial charge in [-0.15, -0.1) is 22.7 Å². The minimum absolute atomic E-state index is 0.505. The third-order valence-corrected chi connectivity index (χ3v) is 5.49. The smallest absolute Gasteiger partial charge is 0.131 e. The van der Waals surface area contributed by atoms with Crippen LogP contribution in [-0.2, 0) is 6.61 Å². The van der Waals surface area contributed by atoms with Crippen molar-refractivity contribution in [2.24, 2.45) is 0 Å². The van der Waals surface area contributed by atoms with E-state index in [1.54, 1.807) is 22.7 Å². The molecule has 4 aromatic rings. The molecule has 124 valence electrons. The normalized spacial score (nSPS) is 11.4. The number of hydrogen-bond acceptors (Lipinski definition) is 5. The van der Waals surface area contributed by atoms with E-state index in [1.165, 1.54) is 4.70 Å². The van der Waals surface area contributed by atoms with Crippen LogP contribution in [0.5, 0.6) is 5.75 Å². The molecule has 0 bridgehead atoms. The lowest BCUT2D eigenvalue weighted by Gasteiger charge is -2.04. The molecule has 0 saturated heterocycles. The first-order valence-electron chi connectivity index (χ1n) is 7.94. The summed E-state index contributed by atoms with van der Waals surface area (Å²) in [6.45, 7) is 2.51. The van der Waals surface area contributed by atoms with E-state index in [-0.39, 0.29) is 0 Å². The molecule has 0 unspecified atom stereocenters. The minimum atomic E-state index is 0.505. The molecular weight excluding hydrogens is 348 g/mol. The topological polar surface area (TPSA) is 35.0 Å². The van der Waals surface area contributed by atoms with Crippen molar-refractivity contribution >= 4 is 45.0 Å². The number of hydrogen-bond donors (Lipinski definition) is 0. The van der Waals surface area contributed by atoms with E-state index >= 15 is 0 Å². The quantitative estimate of drug-likeness (QED) is 0.448. The second-order valence-corrected chi connectivity index (χ2v) is 7.69. The van der Waals surface area contributed by atoms with E-state index in [2.05, 4.69) is 28.2 Å². The molecule has 2 aromatic carbocycles. The van der Waals surface area contributed by atoms with Gasteiger partial charge in [0.05, 0.1) is 20.9 Å². The Hall–Kier alpha value is -2.50. The Bertz CT molecular complexity index is 983. The van der Waals surface area contributed by atoms with E-state index in [0.29, 0.717) is 6.61 Å². The summed E-state index contributed by atoms with van der Waals surface area (Å²) in [5.41, 5.74) is 3.14. The highest BCUT2D eigenvalue weighted by atomic mass is 32.1. The molecule has 0 atom stereocenters. The maximum Gasteiger partial charge on any atom is 0.131 e. The van der Waals surface area contributed by atoms with Crippen molar-refractivity contribution in [2.75, 3.05) is 0 Å². The molecule has 0 aliphatic rings. The monoisotopic (exact) mass is 364 g/mol. The number of para-hydroxylation sites is 1. The van der Waals surface area contributed by atoms with Crippen molar-refractivity contribution in [3.63, 3.8) is 0 Å². The van der Waals surface area contributed by atoms with Crippen molar-refractivity contribution in [3.8, 4) is 5.75 Å². The molecule has 2 aromatic heterocycles. The Labute approximate surface area is 154 Å². The molecule has 0 amide bonds. The number of benzene rings is 2. The number of aromatic nitrogens is 2. The molecule has 5 heteroatoms. The van der Waals surface area contributed by atoms with Crippen LogP contribution in [0.2, 0.25) is 0 Å². The number of fused-ring (bicyclic) bond motifs is 1. The second-order valence-electron chi connectivity index (χ2n) is 5.57. The van der Waals surface area contributed by atoms with Crippen molar-refractivity contribution in [3.05, 3.63) is 75.2 Å². The summed E-state index contributed by atoms with van der Waals surface area (Å²) in [6, 6.07) is 16.3. The van der Waals surface area contributed by atoms with Gasteiger partial charge in [-0.05, 0) is 42.8 Å². The van der Waals surface area contributed by atoms with Gasteiger partial charge in [-0.2, -0.15) is 0 Å². The average Bonchev–Trinajstić information content (AvgIpc) is 3.24. The molecular formula is C20H16N2OS2. The molecule has 0 saturated carbocycles. The zero-order chi connectivity index (χ0) is 17.1. The summed E-state index contributed by atoms with van der Waals surface area (Å²) >= 11 is 3.34. The highest BCUT2D eigenvalue weighted by Crippen LogP contribution is 2.23. The van der Waals surface area contributed by atoms with Gasteiger partial charge in [-0.25, -0.2) is 9.97 Å². The first-order valence-corrected chi connectivity index (χ1v) is 9.63. The van der Waals surface area contributed by atoms with Crippen molar-refractivity contribution < 1.29 is 4.74 Å². The molecule has 0 spiro atoms. The van der Waals surface area contributed by atoms with E-state index in [9.17, 15) is 0 Å². The van der Waals surface area contributed by atoms with Gasteiger partial charge in [-0.3, -0.25) is 0 Å². The van der Waals surface area contributed by atoms with Crippen LogP contribution in [0.4, 0.5) is 0 Å². The highest BCUT2D eigenvalue weighted by molar-refractivity contribution is 7.19. The van der Waals surface area contributed by atoms with E-state index in [1.807, 2.05) is 54.8 Å². The zero-order valence-electron chi connectivity index (χ0n) is 13.7. The fraction of sp³-hybridized carbons (Fsp3) is 0.100. The lowest BCUT2D eigenvalue weighted by Crippen LogP contribution is -1.95. The predicted molar refractivity (Wildman–Crippen MR) is 106 cm³/mol. The predicted octanol–water partition coefficient (Wildman–Crippen LogP) is 5.81. The van der Waals surface area contributed by atoms with Gasteiger partial charge in [0, 0.05) is 5.38 Å². The van der Waals surface area contributed by atoms with Crippen molar-refractivity contribution in [2.45, 2.75) is 13.5 Å². The number of nitrogens with zero attached hydrogens (tertiary/aromatic N) is 2. The molecule has 4 rings (SSSR count). The first kappa shape index (κ1) is 16.0. The van der Waals surface area contributed by atoms with Crippen molar-refractivity contribution in [1.82, 2.24) is 9.97 Å². The van der Waals surface area contributed by atoms with Crippen LogP contribution in [0.25, 0.3) is 22.4 Å². The van der Waals surface area contributed by atoms with Crippen molar-refractivity contribution in [1.29, 1.82) is 0 Å². The molecule has 2 heterocycles. The van der Waals surface area contributed by atoms with Gasteiger partial charge in [-0.1, -0.05) is 30.3 Å². The fourth-order valence-electron chi connectivity index (χ4n) is 2.44. The number of aryl methyl sites for hydroxylation is 1. The van der Waals surface area contributed by atoms with E-state index in [0.717, 1.165) is 32.5 Å². The van der Waals surface area contributed by atoms with Gasteiger partial charge in [0.25, 0.3) is 0 Å². The second kappa shape index (κ2) is 7.17. The number of thiazole rings is 2. The molecule has 25 heavy (non-hydrogen) atoms. The van der Waals surface area contributed by atoms with Crippen LogP contribution < -0.4 is 4.74 Å². The van der Waals surface area contributed by atoms with E-state index < -0.39 is 0 Å². The summed E-state index contributed by atoms with van der Waals surface area (Å²) in [4.78, 5) is 9.01. The summed E-state index contributed by atoms with van der Waals surface area (Å²) in [7, 11) is 0. The van der Waals surface area contributed by atoms with Crippen LogP contribution in [0.3, 0.4) is 0 Å². The molecule has 0 radical (unpaired) electrons. The number of ether oxygens (including phenoxy) is 1. The van der Waals surface area contributed by atoms with Gasteiger partial charge in [0.2, 0.25) is 0 Å². The molecule has 0 aliphatic carbocycles. The van der Waals surface area contributed by atoms with Crippen LogP contribution >= 0.6 is 22.7 Å². The summed E-state index contributed by atoms with van der Waals surface area (Å²) in [6.07, 6.45) is 4.13. The lowest BCUT2D eigenvalue weighted by atomic mass is 10.2. The fourth-order valence-corrected chi connectivity index (χ4v) is 3.90. The standard InChI is InChI=1S/C20H16N2OS2/c1-14-21-16(13-24-14)12-23-17-9-6-15(7-10-17)8-11-20-22-18-4-2-3-5-19(18)25-20/h2-11,13H,12H2,1H3/b11-8+. The zero-order valence-corrected chi connectivity index (χ0v) is 15.3. The Balaban J connectivity index is 1.41.